The maximum atomic E-state index is 11.5. The van der Waals surface area contributed by atoms with Crippen molar-refractivity contribution in [2.75, 3.05) is 11.9 Å². The van der Waals surface area contributed by atoms with Gasteiger partial charge in [0.15, 0.2) is 0 Å². The third-order valence-electron chi connectivity index (χ3n) is 5.10. The molecular weight excluding hydrogens is 264 g/mol. The Kier molecular flexibility index (Phi) is 4.13. The third kappa shape index (κ3) is 3.04. The Morgan fingerprint density at radius 3 is 2.90 bits per heavy atom. The van der Waals surface area contributed by atoms with Gasteiger partial charge in [-0.2, -0.15) is 0 Å². The Morgan fingerprint density at radius 2 is 2.14 bits per heavy atom. The van der Waals surface area contributed by atoms with Gasteiger partial charge in [-0.25, -0.2) is 9.78 Å². The van der Waals surface area contributed by atoms with Crippen LogP contribution in [0.1, 0.15) is 60.6 Å². The highest BCUT2D eigenvalue weighted by Gasteiger charge is 2.23. The minimum absolute atomic E-state index is 0.333. The van der Waals surface area contributed by atoms with Crippen LogP contribution in [0.25, 0.3) is 0 Å². The molecule has 114 valence electrons. The van der Waals surface area contributed by atoms with Gasteiger partial charge in [-0.1, -0.05) is 26.2 Å². The van der Waals surface area contributed by atoms with Crippen LogP contribution >= 0.6 is 0 Å². The first-order valence-electron chi connectivity index (χ1n) is 8.15. The Bertz CT molecular complexity index is 542. The van der Waals surface area contributed by atoms with Gasteiger partial charge in [-0.15, -0.1) is 0 Å². The minimum Gasteiger partial charge on any atom is -0.478 e. The second-order valence-electron chi connectivity index (χ2n) is 6.55. The molecule has 0 spiro atoms. The van der Waals surface area contributed by atoms with Gasteiger partial charge in [0.1, 0.15) is 11.4 Å². The summed E-state index contributed by atoms with van der Waals surface area (Å²) in [4.78, 5) is 16.0. The van der Waals surface area contributed by atoms with Crippen LogP contribution in [0.2, 0.25) is 0 Å². The minimum atomic E-state index is -0.878. The van der Waals surface area contributed by atoms with E-state index in [0.717, 1.165) is 37.1 Å². The number of aromatic carboxylic acids is 1. The predicted molar refractivity (Wildman–Crippen MR) is 82.8 cm³/mol. The van der Waals surface area contributed by atoms with Crippen molar-refractivity contribution in [3.63, 3.8) is 0 Å². The van der Waals surface area contributed by atoms with Gasteiger partial charge >= 0.3 is 5.97 Å². The van der Waals surface area contributed by atoms with Gasteiger partial charge in [-0.05, 0) is 49.1 Å². The number of pyridine rings is 1. The number of fused-ring (bicyclic) bond motifs is 1. The fraction of sp³-hybridized carbons (Fsp3) is 0.647. The maximum absolute atomic E-state index is 11.5. The number of anilines is 1. The van der Waals surface area contributed by atoms with Gasteiger partial charge in [0.2, 0.25) is 0 Å². The van der Waals surface area contributed by atoms with Crippen molar-refractivity contribution in [1.82, 2.24) is 4.98 Å². The second-order valence-corrected chi connectivity index (χ2v) is 6.55. The maximum Gasteiger partial charge on any atom is 0.339 e. The lowest BCUT2D eigenvalue weighted by molar-refractivity contribution is 0.0697. The average Bonchev–Trinajstić information content (AvgIpc) is 2.92. The highest BCUT2D eigenvalue weighted by Crippen LogP contribution is 2.30. The molecule has 0 amide bonds. The number of rotatable bonds is 4. The summed E-state index contributed by atoms with van der Waals surface area (Å²) in [5.41, 5.74) is 2.53. The second kappa shape index (κ2) is 6.04. The zero-order chi connectivity index (χ0) is 14.8. The third-order valence-corrected chi connectivity index (χ3v) is 5.10. The quantitative estimate of drug-likeness (QED) is 0.890. The molecule has 2 atom stereocenters. The molecule has 1 saturated carbocycles. The monoisotopic (exact) mass is 288 g/mol. The standard InChI is InChI=1S/C17H24N2O2/c1-11-5-2-3-6-13(11)10-18-16-14(17(20)21)9-12-7-4-8-15(12)19-16/h9,11,13H,2-8,10H2,1H3,(H,18,19)(H,20,21). The molecule has 2 unspecified atom stereocenters. The highest BCUT2D eigenvalue weighted by molar-refractivity contribution is 5.93. The van der Waals surface area contributed by atoms with Crippen LogP contribution in [0, 0.1) is 11.8 Å². The molecule has 1 aromatic rings. The lowest BCUT2D eigenvalue weighted by Gasteiger charge is -2.29. The summed E-state index contributed by atoms with van der Waals surface area (Å²) in [5, 5.41) is 12.7. The summed E-state index contributed by atoms with van der Waals surface area (Å²) in [6.07, 6.45) is 8.17. The highest BCUT2D eigenvalue weighted by atomic mass is 16.4. The Hall–Kier alpha value is -1.58. The van der Waals surface area contributed by atoms with E-state index in [-0.39, 0.29) is 0 Å². The molecule has 0 radical (unpaired) electrons. The summed E-state index contributed by atoms with van der Waals surface area (Å²) in [5.74, 6) is 1.04. The van der Waals surface area contributed by atoms with E-state index in [4.69, 9.17) is 0 Å². The first-order valence-corrected chi connectivity index (χ1v) is 8.15. The van der Waals surface area contributed by atoms with Gasteiger partial charge in [-0.3, -0.25) is 0 Å². The van der Waals surface area contributed by atoms with Crippen molar-refractivity contribution in [2.45, 2.75) is 51.9 Å². The number of carboxylic acid groups (broad SMARTS) is 1. The summed E-state index contributed by atoms with van der Waals surface area (Å²) < 4.78 is 0. The van der Waals surface area contributed by atoms with Crippen LogP contribution in [0.3, 0.4) is 0 Å². The summed E-state index contributed by atoms with van der Waals surface area (Å²) in [6, 6.07) is 1.82. The molecular formula is C17H24N2O2. The van der Waals surface area contributed by atoms with Crippen molar-refractivity contribution in [3.8, 4) is 0 Å². The summed E-state index contributed by atoms with van der Waals surface area (Å²) in [7, 11) is 0. The van der Waals surface area contributed by atoms with E-state index in [2.05, 4.69) is 17.2 Å². The molecule has 1 fully saturated rings. The summed E-state index contributed by atoms with van der Waals surface area (Å²) >= 11 is 0. The lowest BCUT2D eigenvalue weighted by atomic mass is 9.80. The SMILES string of the molecule is CC1CCCCC1CNc1nc2c(cc1C(=O)O)CCC2. The molecule has 3 rings (SSSR count). The topological polar surface area (TPSA) is 62.2 Å². The molecule has 4 heteroatoms. The fourth-order valence-corrected chi connectivity index (χ4v) is 3.69. The van der Waals surface area contributed by atoms with Gasteiger partial charge in [0.05, 0.1) is 0 Å². The molecule has 2 N–H and O–H groups in total. The summed E-state index contributed by atoms with van der Waals surface area (Å²) in [6.45, 7) is 3.15. The number of carbonyl (C=O) groups is 1. The van der Waals surface area contributed by atoms with E-state index >= 15 is 0 Å². The Labute approximate surface area is 126 Å². The van der Waals surface area contributed by atoms with E-state index in [1.807, 2.05) is 6.07 Å². The number of carboxylic acids is 1. The molecule has 0 saturated heterocycles. The normalized spacial score (nSPS) is 24.6. The Morgan fingerprint density at radius 1 is 1.33 bits per heavy atom. The number of nitrogens with zero attached hydrogens (tertiary/aromatic N) is 1. The average molecular weight is 288 g/mol. The van der Waals surface area contributed by atoms with Crippen LogP contribution in [0.5, 0.6) is 0 Å². The molecule has 0 aromatic carbocycles. The van der Waals surface area contributed by atoms with Crippen LogP contribution < -0.4 is 5.32 Å². The number of aromatic nitrogens is 1. The smallest absolute Gasteiger partial charge is 0.339 e. The van der Waals surface area contributed by atoms with Crippen molar-refractivity contribution in [2.24, 2.45) is 11.8 Å². The predicted octanol–water partition coefficient (Wildman–Crippen LogP) is 3.51. The van der Waals surface area contributed by atoms with E-state index in [1.54, 1.807) is 0 Å². The lowest BCUT2D eigenvalue weighted by Crippen LogP contribution is -2.25. The van der Waals surface area contributed by atoms with Crippen LogP contribution in [-0.4, -0.2) is 22.6 Å². The van der Waals surface area contributed by atoms with E-state index < -0.39 is 5.97 Å². The number of hydrogen-bond acceptors (Lipinski definition) is 3. The Balaban J connectivity index is 1.76. The van der Waals surface area contributed by atoms with Crippen molar-refractivity contribution >= 4 is 11.8 Å². The van der Waals surface area contributed by atoms with Crippen molar-refractivity contribution < 1.29 is 9.90 Å². The number of hydrogen-bond donors (Lipinski definition) is 2. The zero-order valence-electron chi connectivity index (χ0n) is 12.7. The first-order chi connectivity index (χ1) is 10.1. The molecule has 1 heterocycles. The van der Waals surface area contributed by atoms with E-state index in [0.29, 0.717) is 23.2 Å². The molecule has 4 nitrogen and oxygen atoms in total. The molecule has 21 heavy (non-hydrogen) atoms. The van der Waals surface area contributed by atoms with Gasteiger partial charge < -0.3 is 10.4 Å². The fourth-order valence-electron chi connectivity index (χ4n) is 3.69. The van der Waals surface area contributed by atoms with E-state index in [1.165, 1.54) is 25.7 Å². The van der Waals surface area contributed by atoms with Crippen molar-refractivity contribution in [3.05, 3.63) is 22.9 Å². The van der Waals surface area contributed by atoms with Crippen LogP contribution in [0.4, 0.5) is 5.82 Å². The van der Waals surface area contributed by atoms with E-state index in [9.17, 15) is 9.90 Å². The molecule has 1 aromatic heterocycles. The van der Waals surface area contributed by atoms with Gasteiger partial charge in [0.25, 0.3) is 0 Å². The largest absolute Gasteiger partial charge is 0.478 e. The van der Waals surface area contributed by atoms with Crippen LogP contribution in [0.15, 0.2) is 6.07 Å². The molecule has 2 aliphatic rings. The van der Waals surface area contributed by atoms with Crippen molar-refractivity contribution in [1.29, 1.82) is 0 Å². The number of nitrogens with one attached hydrogen (secondary N) is 1. The zero-order valence-corrected chi connectivity index (χ0v) is 12.7. The molecule has 0 aliphatic heterocycles. The number of aryl methyl sites for hydroxylation is 2. The first kappa shape index (κ1) is 14.4. The van der Waals surface area contributed by atoms with Crippen LogP contribution in [-0.2, 0) is 12.8 Å². The molecule has 0 bridgehead atoms. The van der Waals surface area contributed by atoms with Gasteiger partial charge in [0, 0.05) is 12.2 Å². The molecule has 2 aliphatic carbocycles.